The number of sulfonamides is 1. The van der Waals surface area contributed by atoms with Crippen LogP contribution in [0.3, 0.4) is 0 Å². The number of hydrogen-bond acceptors (Lipinski definition) is 6. The van der Waals surface area contributed by atoms with Crippen molar-refractivity contribution in [1.82, 2.24) is 9.29 Å². The van der Waals surface area contributed by atoms with Gasteiger partial charge in [-0.1, -0.05) is 6.07 Å². The Kier molecular flexibility index (Phi) is 5.22. The number of rotatable bonds is 4. The Bertz CT molecular complexity index is 1200. The summed E-state index contributed by atoms with van der Waals surface area (Å²) in [5.41, 5.74) is 3.91. The first-order chi connectivity index (χ1) is 14.5. The third-order valence-electron chi connectivity index (χ3n) is 5.66. The number of anilines is 1. The van der Waals surface area contributed by atoms with Gasteiger partial charge >= 0.3 is 0 Å². The van der Waals surface area contributed by atoms with Gasteiger partial charge in [0.2, 0.25) is 10.0 Å². The molecule has 1 N–H and O–H groups in total. The highest BCUT2D eigenvalue weighted by Gasteiger charge is 2.31. The van der Waals surface area contributed by atoms with Crippen molar-refractivity contribution in [3.05, 3.63) is 62.3 Å². The molecule has 0 radical (unpaired) electrons. The molecule has 0 spiro atoms. The van der Waals surface area contributed by atoms with Crippen LogP contribution in [0.25, 0.3) is 0 Å². The van der Waals surface area contributed by atoms with E-state index in [4.69, 9.17) is 0 Å². The van der Waals surface area contributed by atoms with E-state index in [1.807, 2.05) is 17.5 Å². The summed E-state index contributed by atoms with van der Waals surface area (Å²) in [4.78, 5) is 18.1. The molecule has 0 bridgehead atoms. The summed E-state index contributed by atoms with van der Waals surface area (Å²) >= 11 is 2.82. The molecule has 0 saturated carbocycles. The normalized spacial score (nSPS) is 16.7. The molecule has 1 aliphatic carbocycles. The van der Waals surface area contributed by atoms with E-state index in [1.54, 1.807) is 17.5 Å². The molecule has 9 heteroatoms. The van der Waals surface area contributed by atoms with E-state index in [-0.39, 0.29) is 5.91 Å². The molecule has 2 aliphatic rings. The van der Waals surface area contributed by atoms with Crippen molar-refractivity contribution in [2.75, 3.05) is 11.9 Å². The molecule has 156 valence electrons. The lowest BCUT2D eigenvalue weighted by Crippen LogP contribution is -2.35. The van der Waals surface area contributed by atoms with Gasteiger partial charge in [0.25, 0.3) is 5.91 Å². The summed E-state index contributed by atoms with van der Waals surface area (Å²) in [6.07, 6.45) is 4.81. The molecule has 2 aromatic heterocycles. The van der Waals surface area contributed by atoms with E-state index in [0.29, 0.717) is 35.1 Å². The maximum Gasteiger partial charge on any atom is 0.258 e. The second-order valence-electron chi connectivity index (χ2n) is 7.58. The average Bonchev–Trinajstić information content (AvgIpc) is 3.42. The smallest absolute Gasteiger partial charge is 0.258 e. The Hall–Kier alpha value is -2.07. The molecule has 1 aliphatic heterocycles. The van der Waals surface area contributed by atoms with Crippen molar-refractivity contribution in [2.24, 2.45) is 0 Å². The molecule has 0 saturated heterocycles. The predicted molar refractivity (Wildman–Crippen MR) is 119 cm³/mol. The van der Waals surface area contributed by atoms with Gasteiger partial charge in [0, 0.05) is 23.2 Å². The second-order valence-corrected chi connectivity index (χ2v) is 11.4. The van der Waals surface area contributed by atoms with E-state index < -0.39 is 10.0 Å². The summed E-state index contributed by atoms with van der Waals surface area (Å²) < 4.78 is 28.1. The fraction of sp³-hybridized carbons (Fsp3) is 0.333. The SMILES string of the molecule is O=C(Nc1nc2c(s1)CN(S(=O)(=O)c1ccc3c(c1)CCCC3)CC2)c1ccsc1. The van der Waals surface area contributed by atoms with Gasteiger partial charge in [-0.25, -0.2) is 13.4 Å². The van der Waals surface area contributed by atoms with Crippen LogP contribution in [-0.2, 0) is 35.8 Å². The molecular weight excluding hydrogens is 438 g/mol. The van der Waals surface area contributed by atoms with Gasteiger partial charge in [0.1, 0.15) is 0 Å². The molecule has 0 unspecified atom stereocenters. The number of carbonyl (C=O) groups is 1. The van der Waals surface area contributed by atoms with Crippen molar-refractivity contribution in [3.63, 3.8) is 0 Å². The molecule has 3 heterocycles. The number of aryl methyl sites for hydroxylation is 2. The quantitative estimate of drug-likeness (QED) is 0.638. The van der Waals surface area contributed by atoms with Gasteiger partial charge in [-0.3, -0.25) is 10.1 Å². The van der Waals surface area contributed by atoms with Crippen molar-refractivity contribution in [1.29, 1.82) is 0 Å². The summed E-state index contributed by atoms with van der Waals surface area (Å²) in [5, 5.41) is 6.99. The molecule has 6 nitrogen and oxygen atoms in total. The lowest BCUT2D eigenvalue weighted by molar-refractivity contribution is 0.102. The Balaban J connectivity index is 1.35. The molecule has 0 atom stereocenters. The summed E-state index contributed by atoms with van der Waals surface area (Å²) in [7, 11) is -3.56. The molecule has 3 aromatic rings. The van der Waals surface area contributed by atoms with Gasteiger partial charge < -0.3 is 0 Å². The lowest BCUT2D eigenvalue weighted by atomic mass is 9.92. The van der Waals surface area contributed by atoms with Crippen molar-refractivity contribution < 1.29 is 13.2 Å². The molecule has 1 aromatic carbocycles. The monoisotopic (exact) mass is 459 g/mol. The largest absolute Gasteiger partial charge is 0.298 e. The number of aromatic nitrogens is 1. The van der Waals surface area contributed by atoms with Gasteiger partial charge in [0.15, 0.2) is 5.13 Å². The standard InChI is InChI=1S/C21H21N3O3S3/c25-20(16-8-10-28-13-16)23-21-22-18-7-9-24(12-19(18)29-21)30(26,27)17-6-5-14-3-1-2-4-15(14)11-17/h5-6,8,10-11,13H,1-4,7,9,12H2,(H,22,23,25). The van der Waals surface area contributed by atoms with E-state index in [0.717, 1.165) is 35.4 Å². The van der Waals surface area contributed by atoms with Crippen LogP contribution < -0.4 is 5.32 Å². The molecule has 0 fully saturated rings. The lowest BCUT2D eigenvalue weighted by Gasteiger charge is -2.26. The third kappa shape index (κ3) is 3.71. The second kappa shape index (κ2) is 7.88. The van der Waals surface area contributed by atoms with Crippen LogP contribution in [0.4, 0.5) is 5.13 Å². The van der Waals surface area contributed by atoms with E-state index >= 15 is 0 Å². The number of thiophene rings is 1. The third-order valence-corrected chi connectivity index (χ3v) is 9.18. The van der Waals surface area contributed by atoms with E-state index in [1.165, 1.54) is 39.0 Å². The number of carbonyl (C=O) groups excluding carboxylic acids is 1. The summed E-state index contributed by atoms with van der Waals surface area (Å²) in [5.74, 6) is -0.194. The topological polar surface area (TPSA) is 79.4 Å². The molecule has 5 rings (SSSR count). The molecule has 1 amide bonds. The predicted octanol–water partition coefficient (Wildman–Crippen LogP) is 4.08. The van der Waals surface area contributed by atoms with Gasteiger partial charge in [0.05, 0.1) is 22.7 Å². The Morgan fingerprint density at radius 2 is 1.93 bits per heavy atom. The Morgan fingerprint density at radius 1 is 1.10 bits per heavy atom. The minimum absolute atomic E-state index is 0.194. The van der Waals surface area contributed by atoms with Crippen LogP contribution in [0, 0.1) is 0 Å². The fourth-order valence-corrected chi connectivity index (χ4v) is 7.21. The number of nitrogens with one attached hydrogen (secondary N) is 1. The number of amides is 1. The van der Waals surface area contributed by atoms with Crippen LogP contribution in [0.5, 0.6) is 0 Å². The first-order valence-corrected chi connectivity index (χ1v) is 13.1. The zero-order valence-electron chi connectivity index (χ0n) is 16.3. The van der Waals surface area contributed by atoms with Crippen LogP contribution in [0.1, 0.15) is 44.9 Å². The van der Waals surface area contributed by atoms with Crippen molar-refractivity contribution >= 4 is 43.7 Å². The van der Waals surface area contributed by atoms with E-state index in [2.05, 4.69) is 10.3 Å². The molecule has 30 heavy (non-hydrogen) atoms. The van der Waals surface area contributed by atoms with Gasteiger partial charge in [-0.15, -0.1) is 11.3 Å². The fourth-order valence-electron chi connectivity index (χ4n) is 4.01. The number of fused-ring (bicyclic) bond motifs is 2. The minimum atomic E-state index is -3.56. The van der Waals surface area contributed by atoms with Crippen LogP contribution in [0.2, 0.25) is 0 Å². The maximum atomic E-state index is 13.3. The van der Waals surface area contributed by atoms with E-state index in [9.17, 15) is 13.2 Å². The number of nitrogens with zero attached hydrogens (tertiary/aromatic N) is 2. The van der Waals surface area contributed by atoms with Crippen molar-refractivity contribution in [3.8, 4) is 0 Å². The van der Waals surface area contributed by atoms with Crippen LogP contribution >= 0.6 is 22.7 Å². The highest BCUT2D eigenvalue weighted by atomic mass is 32.2. The zero-order chi connectivity index (χ0) is 20.7. The highest BCUT2D eigenvalue weighted by molar-refractivity contribution is 7.89. The Labute approximate surface area is 183 Å². The first kappa shape index (κ1) is 19.9. The number of thiazole rings is 1. The first-order valence-electron chi connectivity index (χ1n) is 9.95. The Morgan fingerprint density at radius 3 is 2.73 bits per heavy atom. The van der Waals surface area contributed by atoms with Crippen molar-refractivity contribution in [2.45, 2.75) is 43.5 Å². The number of benzene rings is 1. The summed E-state index contributed by atoms with van der Waals surface area (Å²) in [6, 6.07) is 7.34. The van der Waals surface area contributed by atoms with Crippen LogP contribution in [-0.4, -0.2) is 30.2 Å². The highest BCUT2D eigenvalue weighted by Crippen LogP contribution is 2.32. The summed E-state index contributed by atoms with van der Waals surface area (Å²) in [6.45, 7) is 0.689. The van der Waals surface area contributed by atoms with Crippen LogP contribution in [0.15, 0.2) is 39.9 Å². The average molecular weight is 460 g/mol. The van der Waals surface area contributed by atoms with Gasteiger partial charge in [-0.2, -0.15) is 15.6 Å². The zero-order valence-corrected chi connectivity index (χ0v) is 18.7. The van der Waals surface area contributed by atoms with Gasteiger partial charge in [-0.05, 0) is 60.4 Å². The minimum Gasteiger partial charge on any atom is -0.298 e. The molecular formula is C21H21N3O3S3. The maximum absolute atomic E-state index is 13.3. The number of hydrogen-bond donors (Lipinski definition) is 1.